The van der Waals surface area contributed by atoms with Crippen LogP contribution in [0.2, 0.25) is 0 Å². The minimum Gasteiger partial charge on any atom is -0.378 e. The molecule has 0 spiro atoms. The average molecular weight is 479 g/mol. The molecule has 5 nitrogen and oxygen atoms in total. The highest BCUT2D eigenvalue weighted by molar-refractivity contribution is 5.92. The number of rotatable bonds is 10. The molecule has 0 bridgehead atoms. The van der Waals surface area contributed by atoms with Crippen LogP contribution in [0.1, 0.15) is 34.4 Å². The minimum atomic E-state index is -0.321. The number of anilines is 2. The molecule has 4 rings (SSSR count). The molecule has 0 aliphatic carbocycles. The zero-order valence-corrected chi connectivity index (χ0v) is 21.5. The molecule has 36 heavy (non-hydrogen) atoms. The lowest BCUT2D eigenvalue weighted by molar-refractivity contribution is -0.122. The summed E-state index contributed by atoms with van der Waals surface area (Å²) in [6.07, 6.45) is 4.68. The Hall–Kier alpha value is -3.99. The Kier molecular flexibility index (Phi) is 8.11. The van der Waals surface area contributed by atoms with Crippen LogP contribution < -0.4 is 9.80 Å². The molecule has 184 valence electrons. The van der Waals surface area contributed by atoms with Gasteiger partial charge in [0.2, 0.25) is 0 Å². The van der Waals surface area contributed by atoms with Gasteiger partial charge < -0.3 is 9.80 Å². The second kappa shape index (κ2) is 11.6. The summed E-state index contributed by atoms with van der Waals surface area (Å²) >= 11 is 0. The normalized spacial score (nSPS) is 12.6. The van der Waals surface area contributed by atoms with E-state index in [0.29, 0.717) is 12.8 Å². The quantitative estimate of drug-likeness (QED) is 0.300. The second-order valence-electron chi connectivity index (χ2n) is 9.53. The van der Waals surface area contributed by atoms with Crippen LogP contribution in [-0.2, 0) is 17.6 Å². The Balaban J connectivity index is 1.74. The first kappa shape index (κ1) is 25.1. The molecule has 0 aliphatic rings. The molecule has 0 saturated carbocycles. The van der Waals surface area contributed by atoms with Gasteiger partial charge >= 0.3 is 0 Å². The third kappa shape index (κ3) is 6.16. The number of ketones is 1. The molecule has 5 heteroatoms. The van der Waals surface area contributed by atoms with E-state index in [9.17, 15) is 4.79 Å². The zero-order chi connectivity index (χ0) is 25.5. The minimum absolute atomic E-state index is 0.182. The predicted molar refractivity (Wildman–Crippen MR) is 148 cm³/mol. The number of carbonyl (C=O) groups excluding carboxylic acids is 1. The highest BCUT2D eigenvalue weighted by Crippen LogP contribution is 2.33. The van der Waals surface area contributed by atoms with Gasteiger partial charge in [0.1, 0.15) is 5.78 Å². The van der Waals surface area contributed by atoms with Crippen LogP contribution >= 0.6 is 0 Å². The average Bonchev–Trinajstić information content (AvgIpc) is 2.91. The number of nitrogens with zero attached hydrogens (tertiary/aromatic N) is 4. The van der Waals surface area contributed by atoms with Crippen molar-refractivity contribution in [1.29, 1.82) is 0 Å². The molecule has 2 atom stereocenters. The molecule has 2 heterocycles. The molecule has 0 amide bonds. The number of aromatic nitrogens is 2. The van der Waals surface area contributed by atoms with Crippen molar-refractivity contribution in [2.75, 3.05) is 38.0 Å². The number of pyridine rings is 2. The van der Waals surface area contributed by atoms with Crippen molar-refractivity contribution in [3.05, 3.63) is 120 Å². The smallest absolute Gasteiger partial charge is 0.148 e. The molecule has 2 unspecified atom stereocenters. The molecule has 0 saturated heterocycles. The number of carbonyl (C=O) groups is 1. The predicted octanol–water partition coefficient (Wildman–Crippen LogP) is 5.53. The van der Waals surface area contributed by atoms with E-state index in [2.05, 4.69) is 68.3 Å². The summed E-state index contributed by atoms with van der Waals surface area (Å²) in [4.78, 5) is 27.6. The highest BCUT2D eigenvalue weighted by Gasteiger charge is 2.30. The van der Waals surface area contributed by atoms with E-state index in [1.807, 2.05) is 64.6 Å². The number of hydrogen-bond acceptors (Lipinski definition) is 5. The summed E-state index contributed by atoms with van der Waals surface area (Å²) in [5.74, 6) is -0.460. The molecular weight excluding hydrogens is 444 g/mol. The Labute approximate surface area is 214 Å². The van der Waals surface area contributed by atoms with Crippen LogP contribution in [0, 0.1) is 0 Å². The molecule has 2 aromatic heterocycles. The van der Waals surface area contributed by atoms with Gasteiger partial charge in [0, 0.05) is 88.0 Å². The van der Waals surface area contributed by atoms with Crippen LogP contribution in [0.5, 0.6) is 0 Å². The number of hydrogen-bond donors (Lipinski definition) is 0. The fourth-order valence-electron chi connectivity index (χ4n) is 4.47. The third-order valence-corrected chi connectivity index (χ3v) is 6.59. The van der Waals surface area contributed by atoms with Gasteiger partial charge in [0.25, 0.3) is 0 Å². The first-order valence-electron chi connectivity index (χ1n) is 12.3. The van der Waals surface area contributed by atoms with Crippen molar-refractivity contribution in [3.8, 4) is 0 Å². The summed E-state index contributed by atoms with van der Waals surface area (Å²) < 4.78 is 0. The lowest BCUT2D eigenvalue weighted by Gasteiger charge is -2.24. The van der Waals surface area contributed by atoms with E-state index in [0.717, 1.165) is 33.9 Å². The second-order valence-corrected chi connectivity index (χ2v) is 9.53. The Morgan fingerprint density at radius 3 is 1.31 bits per heavy atom. The molecule has 0 aliphatic heterocycles. The summed E-state index contributed by atoms with van der Waals surface area (Å²) in [5.41, 5.74) is 6.04. The maximum atomic E-state index is 14.4. The van der Waals surface area contributed by atoms with Gasteiger partial charge in [-0.15, -0.1) is 0 Å². The van der Waals surface area contributed by atoms with E-state index in [1.165, 1.54) is 0 Å². The van der Waals surface area contributed by atoms with E-state index in [-0.39, 0.29) is 17.6 Å². The lowest BCUT2D eigenvalue weighted by atomic mass is 9.79. The van der Waals surface area contributed by atoms with Gasteiger partial charge in [-0.1, -0.05) is 36.4 Å². The Bertz CT molecular complexity index is 1140. The van der Waals surface area contributed by atoms with Crippen LogP contribution in [0.25, 0.3) is 0 Å². The SMILES string of the molecule is CN(C)c1ccc(C(Cc2ccccn2)C(=O)C(Cc2ccccn2)c2ccc(N(C)C)cc2)cc1. The van der Waals surface area contributed by atoms with Gasteiger partial charge in [-0.25, -0.2) is 0 Å². The summed E-state index contributed by atoms with van der Waals surface area (Å²) in [6.45, 7) is 0. The summed E-state index contributed by atoms with van der Waals surface area (Å²) in [5, 5.41) is 0. The van der Waals surface area contributed by atoms with Crippen LogP contribution in [0.3, 0.4) is 0 Å². The zero-order valence-electron chi connectivity index (χ0n) is 21.5. The first-order valence-corrected chi connectivity index (χ1v) is 12.3. The number of Topliss-reactive ketones (excluding diaryl/α,β-unsaturated/α-hetero) is 1. The molecule has 4 aromatic rings. The molecule has 0 radical (unpaired) electrons. The first-order chi connectivity index (χ1) is 17.4. The van der Waals surface area contributed by atoms with Crippen LogP contribution in [0.15, 0.2) is 97.3 Å². The van der Waals surface area contributed by atoms with Gasteiger partial charge in [0.15, 0.2) is 0 Å². The lowest BCUT2D eigenvalue weighted by Crippen LogP contribution is -2.25. The van der Waals surface area contributed by atoms with Crippen molar-refractivity contribution in [3.63, 3.8) is 0 Å². The topological polar surface area (TPSA) is 49.3 Å². The largest absolute Gasteiger partial charge is 0.378 e. The summed E-state index contributed by atoms with van der Waals surface area (Å²) in [7, 11) is 8.08. The standard InChI is InChI=1S/C31H34N4O/c1-34(2)27-15-11-23(12-16-27)29(21-25-9-5-7-19-32-25)31(36)30(22-26-10-6-8-20-33-26)24-13-17-28(18-14-24)35(3)4/h5-20,29-30H,21-22H2,1-4H3. The van der Waals surface area contributed by atoms with Gasteiger partial charge in [-0.3, -0.25) is 14.8 Å². The molecular formula is C31H34N4O. The fourth-order valence-corrected chi connectivity index (χ4v) is 4.47. The van der Waals surface area contributed by atoms with Crippen molar-refractivity contribution in [2.24, 2.45) is 0 Å². The van der Waals surface area contributed by atoms with E-state index >= 15 is 0 Å². The maximum absolute atomic E-state index is 14.4. The van der Waals surface area contributed by atoms with Crippen molar-refractivity contribution >= 4 is 17.2 Å². The Morgan fingerprint density at radius 2 is 1.00 bits per heavy atom. The highest BCUT2D eigenvalue weighted by atomic mass is 16.1. The molecule has 0 N–H and O–H groups in total. The van der Waals surface area contributed by atoms with Crippen molar-refractivity contribution < 1.29 is 4.79 Å². The number of benzene rings is 2. The maximum Gasteiger partial charge on any atom is 0.148 e. The van der Waals surface area contributed by atoms with Gasteiger partial charge in [0.05, 0.1) is 0 Å². The monoisotopic (exact) mass is 478 g/mol. The Morgan fingerprint density at radius 1 is 0.611 bits per heavy atom. The summed E-state index contributed by atoms with van der Waals surface area (Å²) in [6, 6.07) is 28.4. The van der Waals surface area contributed by atoms with Crippen LogP contribution in [-0.4, -0.2) is 43.9 Å². The van der Waals surface area contributed by atoms with E-state index < -0.39 is 0 Å². The van der Waals surface area contributed by atoms with Crippen LogP contribution in [0.4, 0.5) is 11.4 Å². The van der Waals surface area contributed by atoms with Crippen molar-refractivity contribution in [2.45, 2.75) is 24.7 Å². The van der Waals surface area contributed by atoms with E-state index in [4.69, 9.17) is 0 Å². The van der Waals surface area contributed by atoms with E-state index in [1.54, 1.807) is 12.4 Å². The van der Waals surface area contributed by atoms with Gasteiger partial charge in [-0.2, -0.15) is 0 Å². The fraction of sp³-hybridized carbons (Fsp3) is 0.258. The molecule has 0 fully saturated rings. The van der Waals surface area contributed by atoms with Gasteiger partial charge in [-0.05, 0) is 59.7 Å². The van der Waals surface area contributed by atoms with Crippen molar-refractivity contribution in [1.82, 2.24) is 9.97 Å². The third-order valence-electron chi connectivity index (χ3n) is 6.59. The molecule has 2 aromatic carbocycles.